The minimum Gasteiger partial charge on any atom is -0.345 e. The monoisotopic (exact) mass is 240 g/mol. The summed E-state index contributed by atoms with van der Waals surface area (Å²) in [6.45, 7) is 7.28. The van der Waals surface area contributed by atoms with Crippen molar-refractivity contribution in [2.24, 2.45) is 17.1 Å². The summed E-state index contributed by atoms with van der Waals surface area (Å²) in [6, 6.07) is 0.232. The van der Waals surface area contributed by atoms with Gasteiger partial charge in [-0.2, -0.15) is 0 Å². The summed E-state index contributed by atoms with van der Waals surface area (Å²) in [4.78, 5) is 14.0. The smallest absolute Gasteiger partial charge is 0.222 e. The van der Waals surface area contributed by atoms with Crippen molar-refractivity contribution in [3.05, 3.63) is 0 Å². The maximum Gasteiger partial charge on any atom is 0.222 e. The highest BCUT2D eigenvalue weighted by Gasteiger charge is 2.26. The Morgan fingerprint density at radius 3 is 2.41 bits per heavy atom. The van der Waals surface area contributed by atoms with Crippen LogP contribution in [-0.2, 0) is 4.79 Å². The molecule has 0 aromatic heterocycles. The average molecular weight is 240 g/mol. The lowest BCUT2D eigenvalue weighted by Gasteiger charge is -2.31. The molecule has 100 valence electrons. The summed E-state index contributed by atoms with van der Waals surface area (Å²) < 4.78 is 0. The number of nitrogens with zero attached hydrogens (tertiary/aromatic N) is 1. The first-order valence-electron chi connectivity index (χ1n) is 6.79. The van der Waals surface area contributed by atoms with Crippen molar-refractivity contribution >= 4 is 5.91 Å². The van der Waals surface area contributed by atoms with Gasteiger partial charge in [0, 0.05) is 26.1 Å². The number of carbonyl (C=O) groups excluding carboxylic acids is 1. The van der Waals surface area contributed by atoms with E-state index >= 15 is 0 Å². The van der Waals surface area contributed by atoms with E-state index in [9.17, 15) is 4.79 Å². The van der Waals surface area contributed by atoms with E-state index in [-0.39, 0.29) is 17.4 Å². The molecule has 1 aliphatic carbocycles. The Morgan fingerprint density at radius 1 is 1.29 bits per heavy atom. The first kappa shape index (κ1) is 14.5. The first-order chi connectivity index (χ1) is 7.79. The zero-order valence-electron chi connectivity index (χ0n) is 11.8. The van der Waals surface area contributed by atoms with Crippen LogP contribution in [0.4, 0.5) is 0 Å². The highest BCUT2D eigenvalue weighted by molar-refractivity contribution is 5.76. The summed E-state index contributed by atoms with van der Waals surface area (Å²) >= 11 is 0. The lowest BCUT2D eigenvalue weighted by molar-refractivity contribution is -0.132. The molecule has 1 amide bonds. The lowest BCUT2D eigenvalue weighted by Crippen LogP contribution is -2.40. The van der Waals surface area contributed by atoms with Gasteiger partial charge in [0.2, 0.25) is 5.91 Å². The van der Waals surface area contributed by atoms with E-state index in [1.165, 1.54) is 12.8 Å². The molecule has 0 aromatic carbocycles. The van der Waals surface area contributed by atoms with E-state index in [2.05, 4.69) is 20.8 Å². The molecule has 0 spiro atoms. The van der Waals surface area contributed by atoms with Crippen LogP contribution >= 0.6 is 0 Å². The normalized spacial score (nSPS) is 25.7. The maximum atomic E-state index is 12.1. The van der Waals surface area contributed by atoms with Crippen LogP contribution in [-0.4, -0.2) is 30.4 Å². The molecule has 2 atom stereocenters. The molecular formula is C14H28N2O. The summed E-state index contributed by atoms with van der Waals surface area (Å²) in [6.07, 6.45) is 5.29. The van der Waals surface area contributed by atoms with Crippen molar-refractivity contribution in [1.29, 1.82) is 0 Å². The van der Waals surface area contributed by atoms with Crippen molar-refractivity contribution in [3.8, 4) is 0 Å². The summed E-state index contributed by atoms with van der Waals surface area (Å²) in [7, 11) is 1.90. The first-order valence-corrected chi connectivity index (χ1v) is 6.79. The molecule has 1 rings (SSSR count). The van der Waals surface area contributed by atoms with Crippen LogP contribution in [0, 0.1) is 11.3 Å². The maximum absolute atomic E-state index is 12.1. The summed E-state index contributed by atoms with van der Waals surface area (Å²) in [5, 5.41) is 0. The molecule has 1 saturated carbocycles. The van der Waals surface area contributed by atoms with Crippen LogP contribution in [0.25, 0.3) is 0 Å². The molecule has 0 radical (unpaired) electrons. The second-order valence-corrected chi connectivity index (χ2v) is 6.72. The van der Waals surface area contributed by atoms with Gasteiger partial charge in [0.25, 0.3) is 0 Å². The van der Waals surface area contributed by atoms with Crippen LogP contribution in [0.5, 0.6) is 0 Å². The van der Waals surface area contributed by atoms with Crippen molar-refractivity contribution < 1.29 is 4.79 Å². The SMILES string of the molecule is CN(CC(C)(C)C)C(=O)CC1CCCCC1N. The topological polar surface area (TPSA) is 46.3 Å². The van der Waals surface area contributed by atoms with Crippen molar-refractivity contribution in [1.82, 2.24) is 4.90 Å². The fourth-order valence-electron chi connectivity index (χ4n) is 2.67. The molecule has 0 saturated heterocycles. The van der Waals surface area contributed by atoms with E-state index in [1.807, 2.05) is 11.9 Å². The van der Waals surface area contributed by atoms with Crippen LogP contribution in [0.2, 0.25) is 0 Å². The van der Waals surface area contributed by atoms with Crippen molar-refractivity contribution in [3.63, 3.8) is 0 Å². The number of hydrogen-bond donors (Lipinski definition) is 1. The molecule has 1 aliphatic rings. The zero-order chi connectivity index (χ0) is 13.1. The zero-order valence-corrected chi connectivity index (χ0v) is 11.8. The molecule has 2 N–H and O–H groups in total. The Hall–Kier alpha value is -0.570. The van der Waals surface area contributed by atoms with E-state index < -0.39 is 0 Å². The predicted molar refractivity (Wildman–Crippen MR) is 71.6 cm³/mol. The minimum absolute atomic E-state index is 0.166. The molecule has 0 aromatic rings. The Morgan fingerprint density at radius 2 is 1.88 bits per heavy atom. The Kier molecular flexibility index (Phi) is 4.99. The molecule has 3 heteroatoms. The summed E-state index contributed by atoms with van der Waals surface area (Å²) in [5.74, 6) is 0.654. The van der Waals surface area contributed by atoms with Crippen LogP contribution in [0.1, 0.15) is 52.9 Å². The molecular weight excluding hydrogens is 212 g/mol. The van der Waals surface area contributed by atoms with Gasteiger partial charge >= 0.3 is 0 Å². The highest BCUT2D eigenvalue weighted by atomic mass is 16.2. The van der Waals surface area contributed by atoms with Gasteiger partial charge in [0.15, 0.2) is 0 Å². The van der Waals surface area contributed by atoms with Gasteiger partial charge in [0.1, 0.15) is 0 Å². The Labute approximate surface area is 106 Å². The van der Waals surface area contributed by atoms with E-state index in [4.69, 9.17) is 5.73 Å². The number of hydrogen-bond acceptors (Lipinski definition) is 2. The number of amides is 1. The van der Waals surface area contributed by atoms with Gasteiger partial charge in [-0.15, -0.1) is 0 Å². The molecule has 1 fully saturated rings. The van der Waals surface area contributed by atoms with Gasteiger partial charge in [-0.05, 0) is 24.2 Å². The van der Waals surface area contributed by atoms with E-state index in [1.54, 1.807) is 0 Å². The Balaban J connectivity index is 2.42. The second kappa shape index (κ2) is 5.85. The van der Waals surface area contributed by atoms with Gasteiger partial charge < -0.3 is 10.6 Å². The van der Waals surface area contributed by atoms with Gasteiger partial charge in [-0.25, -0.2) is 0 Å². The second-order valence-electron chi connectivity index (χ2n) is 6.72. The third kappa shape index (κ3) is 5.07. The molecule has 0 aliphatic heterocycles. The molecule has 17 heavy (non-hydrogen) atoms. The third-order valence-electron chi connectivity index (χ3n) is 3.54. The standard InChI is InChI=1S/C14H28N2O/c1-14(2,3)10-16(4)13(17)9-11-7-5-6-8-12(11)15/h11-12H,5-10,15H2,1-4H3. The van der Waals surface area contributed by atoms with Crippen LogP contribution < -0.4 is 5.73 Å². The van der Waals surface area contributed by atoms with Gasteiger partial charge in [0.05, 0.1) is 0 Å². The minimum atomic E-state index is 0.166. The molecule has 0 heterocycles. The van der Waals surface area contributed by atoms with Crippen LogP contribution in [0.15, 0.2) is 0 Å². The molecule has 3 nitrogen and oxygen atoms in total. The van der Waals surface area contributed by atoms with Crippen molar-refractivity contribution in [2.45, 2.75) is 58.9 Å². The Bertz CT molecular complexity index is 257. The number of carbonyl (C=O) groups is 1. The average Bonchev–Trinajstić information content (AvgIpc) is 2.18. The third-order valence-corrected chi connectivity index (χ3v) is 3.54. The van der Waals surface area contributed by atoms with E-state index in [0.717, 1.165) is 19.4 Å². The molecule has 2 unspecified atom stereocenters. The van der Waals surface area contributed by atoms with Gasteiger partial charge in [-0.3, -0.25) is 4.79 Å². The van der Waals surface area contributed by atoms with Crippen LogP contribution in [0.3, 0.4) is 0 Å². The number of nitrogens with two attached hydrogens (primary N) is 1. The van der Waals surface area contributed by atoms with Gasteiger partial charge in [-0.1, -0.05) is 33.6 Å². The van der Waals surface area contributed by atoms with E-state index in [0.29, 0.717) is 12.3 Å². The fraction of sp³-hybridized carbons (Fsp3) is 0.929. The largest absolute Gasteiger partial charge is 0.345 e. The predicted octanol–water partition coefficient (Wildman–Crippen LogP) is 2.40. The number of rotatable bonds is 3. The summed E-state index contributed by atoms with van der Waals surface area (Å²) in [5.41, 5.74) is 6.25. The quantitative estimate of drug-likeness (QED) is 0.823. The lowest BCUT2D eigenvalue weighted by atomic mass is 9.82. The highest BCUT2D eigenvalue weighted by Crippen LogP contribution is 2.26. The van der Waals surface area contributed by atoms with Crippen molar-refractivity contribution in [2.75, 3.05) is 13.6 Å². The fourth-order valence-corrected chi connectivity index (χ4v) is 2.67. The molecule has 0 bridgehead atoms.